The number of carbonyl (C=O) groups excluding carboxylic acids is 2. The Balaban J connectivity index is 1.25. The van der Waals surface area contributed by atoms with Crippen LogP contribution in [0.5, 0.6) is 0 Å². The van der Waals surface area contributed by atoms with E-state index in [1.165, 1.54) is 0 Å². The molecule has 0 N–H and O–H groups in total. The summed E-state index contributed by atoms with van der Waals surface area (Å²) in [4.78, 5) is 27.8. The van der Waals surface area contributed by atoms with Gasteiger partial charge in [-0.25, -0.2) is 9.59 Å². The van der Waals surface area contributed by atoms with Crippen LogP contribution in [0.1, 0.15) is 81.0 Å². The van der Waals surface area contributed by atoms with E-state index >= 15 is 0 Å². The second-order valence-corrected chi connectivity index (χ2v) is 13.8. The van der Waals surface area contributed by atoms with Crippen LogP contribution >= 0.6 is 0 Å². The molecule has 0 bridgehead atoms. The van der Waals surface area contributed by atoms with Crippen LogP contribution in [0.4, 0.5) is 0 Å². The van der Waals surface area contributed by atoms with Crippen molar-refractivity contribution < 1.29 is 28.5 Å². The molecule has 3 aliphatic heterocycles. The molecule has 0 spiro atoms. The highest BCUT2D eigenvalue weighted by molar-refractivity contribution is 5.91. The lowest BCUT2D eigenvalue weighted by molar-refractivity contribution is -0.142. The second-order valence-electron chi connectivity index (χ2n) is 13.8. The molecular weight excluding hydrogens is 636 g/mol. The van der Waals surface area contributed by atoms with Crippen molar-refractivity contribution in [1.29, 1.82) is 0 Å². The van der Waals surface area contributed by atoms with Crippen molar-refractivity contribution in [3.05, 3.63) is 166 Å². The second kappa shape index (κ2) is 15.0. The summed E-state index contributed by atoms with van der Waals surface area (Å²) in [6.07, 6.45) is 5.15. The first-order valence-corrected chi connectivity index (χ1v) is 18.3. The number of rotatable bonds is 4. The van der Waals surface area contributed by atoms with Crippen LogP contribution in [-0.4, -0.2) is 25.2 Å². The van der Waals surface area contributed by atoms with Crippen molar-refractivity contribution in [2.24, 2.45) is 11.8 Å². The first-order chi connectivity index (χ1) is 25.0. The van der Waals surface area contributed by atoms with Gasteiger partial charge in [-0.05, 0) is 39.5 Å². The molecule has 3 heterocycles. The number of allylic oxidation sites excluding steroid dienone is 2. The molecule has 0 saturated carbocycles. The molecule has 0 amide bonds. The topological polar surface area (TPSA) is 71.1 Å². The standard InChI is InChI=1S/C45H46O6/c1-32-40-38(44(50-32,34-20-8-3-9-21-34)35-22-10-4-11-23-35)28-16-7-17-29-39-41(43(47)49-31-19-18-30-48-42(40)46)33(2)51-45(39,36-24-12-5-13-25-36)37-26-14-6-15-27-37/h3-6,8-15,20-27,38-39H,7,16-19,28-31H2,1-2H3. The predicted molar refractivity (Wildman–Crippen MR) is 196 cm³/mol. The van der Waals surface area contributed by atoms with Crippen molar-refractivity contribution >= 4 is 11.9 Å². The number of cyclic esters (lactones) is 2. The quantitative estimate of drug-likeness (QED) is 0.200. The van der Waals surface area contributed by atoms with Gasteiger partial charge in [-0.2, -0.15) is 0 Å². The fraction of sp³-hybridized carbons (Fsp3) is 0.333. The van der Waals surface area contributed by atoms with E-state index < -0.39 is 11.2 Å². The van der Waals surface area contributed by atoms with E-state index in [-0.39, 0.29) is 37.0 Å². The fourth-order valence-corrected chi connectivity index (χ4v) is 8.58. The molecule has 7 rings (SSSR count). The molecule has 1 saturated heterocycles. The maximum absolute atomic E-state index is 13.9. The summed E-state index contributed by atoms with van der Waals surface area (Å²) < 4.78 is 25.6. The highest BCUT2D eigenvalue weighted by atomic mass is 16.5. The molecular formula is C45H46O6. The molecule has 1 fully saturated rings. The van der Waals surface area contributed by atoms with Gasteiger partial charge < -0.3 is 18.9 Å². The number of ether oxygens (including phenoxy) is 4. The van der Waals surface area contributed by atoms with Gasteiger partial charge in [-0.1, -0.05) is 141 Å². The highest BCUT2D eigenvalue weighted by Gasteiger charge is 2.55. The van der Waals surface area contributed by atoms with Gasteiger partial charge in [-0.15, -0.1) is 0 Å². The SMILES string of the molecule is CC1=C2C(=O)OCCCCOC(=O)C3=C(C)OC(c4ccccc4)(c4ccccc4)C3CCCCCC2C(c2ccccc2)(c2ccccc2)O1. The number of hydrogen-bond acceptors (Lipinski definition) is 6. The van der Waals surface area contributed by atoms with E-state index in [9.17, 15) is 9.59 Å². The Kier molecular flexibility index (Phi) is 10.1. The molecule has 6 nitrogen and oxygen atoms in total. The molecule has 6 heteroatoms. The van der Waals surface area contributed by atoms with Gasteiger partial charge in [0, 0.05) is 34.1 Å². The molecule has 4 aromatic rings. The molecule has 0 aromatic heterocycles. The van der Waals surface area contributed by atoms with Crippen molar-refractivity contribution in [2.45, 2.75) is 70.0 Å². The lowest BCUT2D eigenvalue weighted by atomic mass is 9.71. The van der Waals surface area contributed by atoms with Gasteiger partial charge in [0.1, 0.15) is 11.5 Å². The lowest BCUT2D eigenvalue weighted by Crippen LogP contribution is -2.37. The van der Waals surface area contributed by atoms with Crippen LogP contribution in [0.3, 0.4) is 0 Å². The molecule has 51 heavy (non-hydrogen) atoms. The fourth-order valence-electron chi connectivity index (χ4n) is 8.58. The van der Waals surface area contributed by atoms with Crippen molar-refractivity contribution in [2.75, 3.05) is 13.2 Å². The average Bonchev–Trinajstić information content (AvgIpc) is 3.65. The summed E-state index contributed by atoms with van der Waals surface area (Å²) in [6, 6.07) is 41.0. The van der Waals surface area contributed by atoms with E-state index in [1.807, 2.05) is 86.6 Å². The van der Waals surface area contributed by atoms with Crippen LogP contribution in [0.25, 0.3) is 0 Å². The minimum Gasteiger partial charge on any atom is -0.481 e. The van der Waals surface area contributed by atoms with E-state index in [4.69, 9.17) is 18.9 Å². The van der Waals surface area contributed by atoms with Crippen LogP contribution in [0.15, 0.2) is 144 Å². The van der Waals surface area contributed by atoms with Crippen LogP contribution in [0.2, 0.25) is 0 Å². The third-order valence-electron chi connectivity index (χ3n) is 10.8. The summed E-state index contributed by atoms with van der Waals surface area (Å²) in [5.41, 5.74) is 3.51. The first-order valence-electron chi connectivity index (χ1n) is 18.3. The molecule has 2 atom stereocenters. The van der Waals surface area contributed by atoms with Gasteiger partial charge in [-0.3, -0.25) is 0 Å². The van der Waals surface area contributed by atoms with Crippen LogP contribution < -0.4 is 0 Å². The first kappa shape index (κ1) is 34.4. The van der Waals surface area contributed by atoms with Gasteiger partial charge in [0.05, 0.1) is 24.4 Å². The Hall–Kier alpha value is -5.10. The van der Waals surface area contributed by atoms with Gasteiger partial charge in [0.25, 0.3) is 0 Å². The summed E-state index contributed by atoms with van der Waals surface area (Å²) in [7, 11) is 0. The number of carbonyl (C=O) groups is 2. The minimum atomic E-state index is -0.869. The summed E-state index contributed by atoms with van der Waals surface area (Å²) >= 11 is 0. The van der Waals surface area contributed by atoms with E-state index in [0.717, 1.165) is 54.4 Å². The Labute approximate surface area is 301 Å². The minimum absolute atomic E-state index is 0.224. The number of benzene rings is 4. The zero-order valence-corrected chi connectivity index (χ0v) is 29.5. The lowest BCUT2D eigenvalue weighted by Gasteiger charge is -2.37. The normalized spacial score (nSPS) is 22.5. The van der Waals surface area contributed by atoms with E-state index in [1.54, 1.807) is 0 Å². The Morgan fingerprint density at radius 2 is 0.765 bits per heavy atom. The Bertz CT molecular complexity index is 1660. The van der Waals surface area contributed by atoms with E-state index in [0.29, 0.717) is 35.5 Å². The smallest absolute Gasteiger partial charge is 0.337 e. The zero-order valence-electron chi connectivity index (χ0n) is 29.5. The maximum Gasteiger partial charge on any atom is 0.337 e. The number of fused-ring (bicyclic) bond motifs is 2. The Morgan fingerprint density at radius 1 is 0.451 bits per heavy atom. The third-order valence-corrected chi connectivity index (χ3v) is 10.8. The predicted octanol–water partition coefficient (Wildman–Crippen LogP) is 9.55. The van der Waals surface area contributed by atoms with Crippen LogP contribution in [-0.2, 0) is 39.7 Å². The number of hydrogen-bond donors (Lipinski definition) is 0. The van der Waals surface area contributed by atoms with Crippen molar-refractivity contribution in [1.82, 2.24) is 0 Å². The monoisotopic (exact) mass is 682 g/mol. The Morgan fingerprint density at radius 3 is 1.08 bits per heavy atom. The zero-order chi connectivity index (χ0) is 35.3. The number of esters is 2. The van der Waals surface area contributed by atoms with Crippen molar-refractivity contribution in [3.63, 3.8) is 0 Å². The van der Waals surface area contributed by atoms with Gasteiger partial charge in [0.15, 0.2) is 11.2 Å². The molecule has 262 valence electrons. The summed E-state index contributed by atoms with van der Waals surface area (Å²) in [5.74, 6) is 0.0270. The van der Waals surface area contributed by atoms with Crippen LogP contribution in [0, 0.1) is 11.8 Å². The summed E-state index contributed by atoms with van der Waals surface area (Å²) in [5, 5.41) is 0. The molecule has 4 aromatic carbocycles. The molecule has 0 radical (unpaired) electrons. The van der Waals surface area contributed by atoms with E-state index in [2.05, 4.69) is 48.5 Å². The highest BCUT2D eigenvalue weighted by Crippen LogP contribution is 2.55. The molecule has 3 aliphatic rings. The molecule has 0 aliphatic carbocycles. The van der Waals surface area contributed by atoms with Gasteiger partial charge >= 0.3 is 11.9 Å². The average molecular weight is 683 g/mol. The maximum atomic E-state index is 13.9. The van der Waals surface area contributed by atoms with Crippen molar-refractivity contribution in [3.8, 4) is 0 Å². The molecule has 2 unspecified atom stereocenters. The van der Waals surface area contributed by atoms with Gasteiger partial charge in [0.2, 0.25) is 0 Å². The summed E-state index contributed by atoms with van der Waals surface area (Å²) in [6.45, 7) is 4.23. The largest absolute Gasteiger partial charge is 0.481 e. The third kappa shape index (κ3) is 6.37.